The van der Waals surface area contributed by atoms with Gasteiger partial charge in [0.05, 0.1) is 12.0 Å². The van der Waals surface area contributed by atoms with Crippen molar-refractivity contribution in [3.8, 4) is 0 Å². The molecule has 1 N–H and O–H groups in total. The molecule has 2 fully saturated rings. The van der Waals surface area contributed by atoms with Crippen molar-refractivity contribution in [2.75, 3.05) is 39.3 Å². The predicted molar refractivity (Wildman–Crippen MR) is 82.0 cm³/mol. The molecule has 0 unspecified atom stereocenters. The van der Waals surface area contributed by atoms with Gasteiger partial charge in [0.15, 0.2) is 0 Å². The summed E-state index contributed by atoms with van der Waals surface area (Å²) < 4.78 is 14.2. The maximum absolute atomic E-state index is 14.2. The predicted octanol–water partition coefficient (Wildman–Crippen LogP) is 1.38. The van der Waals surface area contributed by atoms with E-state index in [4.69, 9.17) is 5.11 Å². The van der Waals surface area contributed by atoms with Crippen LogP contribution < -0.4 is 0 Å². The van der Waals surface area contributed by atoms with Crippen LogP contribution >= 0.6 is 0 Å². The number of benzene rings is 1. The van der Waals surface area contributed by atoms with E-state index in [1.807, 2.05) is 11.0 Å². The van der Waals surface area contributed by atoms with Crippen molar-refractivity contribution < 1.29 is 14.3 Å². The number of rotatable bonds is 4. The van der Waals surface area contributed by atoms with E-state index in [1.165, 1.54) is 6.07 Å². The van der Waals surface area contributed by atoms with E-state index < -0.39 is 5.41 Å². The maximum atomic E-state index is 14.2. The Morgan fingerprint density at radius 2 is 1.86 bits per heavy atom. The fraction of sp³-hybridized carbons (Fsp3) is 0.588. The second-order valence-electron chi connectivity index (χ2n) is 6.27. The monoisotopic (exact) mass is 306 g/mol. The molecule has 22 heavy (non-hydrogen) atoms. The van der Waals surface area contributed by atoms with Gasteiger partial charge in [-0.1, -0.05) is 24.6 Å². The molecule has 1 amide bonds. The zero-order chi connectivity index (χ0) is 15.6. The third-order valence-electron chi connectivity index (χ3n) is 5.08. The molecule has 0 aromatic heterocycles. The summed E-state index contributed by atoms with van der Waals surface area (Å²) in [7, 11) is 0. The molecule has 0 atom stereocenters. The van der Waals surface area contributed by atoms with E-state index in [-0.39, 0.29) is 18.3 Å². The van der Waals surface area contributed by atoms with Crippen LogP contribution in [0.25, 0.3) is 0 Å². The highest BCUT2D eigenvalue weighted by atomic mass is 19.1. The van der Waals surface area contributed by atoms with Crippen LogP contribution in [-0.4, -0.2) is 60.1 Å². The Bertz CT molecular complexity index is 537. The fourth-order valence-corrected chi connectivity index (χ4v) is 3.60. The molecule has 5 heteroatoms. The van der Waals surface area contributed by atoms with Gasteiger partial charge >= 0.3 is 0 Å². The third kappa shape index (κ3) is 2.63. The number of piperazine rings is 1. The number of halogens is 1. The lowest BCUT2D eigenvalue weighted by molar-refractivity contribution is -0.143. The average molecular weight is 306 g/mol. The number of carbonyl (C=O) groups is 1. The fourth-order valence-electron chi connectivity index (χ4n) is 3.60. The van der Waals surface area contributed by atoms with E-state index >= 15 is 0 Å². The molecule has 0 radical (unpaired) electrons. The van der Waals surface area contributed by atoms with E-state index in [0.29, 0.717) is 25.2 Å². The summed E-state index contributed by atoms with van der Waals surface area (Å²) in [5.41, 5.74) is -0.0890. The van der Waals surface area contributed by atoms with Crippen molar-refractivity contribution in [2.24, 2.45) is 0 Å². The van der Waals surface area contributed by atoms with Crippen molar-refractivity contribution in [1.29, 1.82) is 0 Å². The molecular weight excluding hydrogens is 283 g/mol. The first-order valence-electron chi connectivity index (χ1n) is 8.05. The third-order valence-corrected chi connectivity index (χ3v) is 5.08. The van der Waals surface area contributed by atoms with E-state index in [1.54, 1.807) is 12.1 Å². The van der Waals surface area contributed by atoms with E-state index in [2.05, 4.69) is 4.90 Å². The average Bonchev–Trinajstić information content (AvgIpc) is 2.49. The zero-order valence-electron chi connectivity index (χ0n) is 12.8. The highest BCUT2D eigenvalue weighted by Crippen LogP contribution is 2.46. The first kappa shape index (κ1) is 15.4. The molecule has 2 aliphatic rings. The second kappa shape index (κ2) is 6.34. The van der Waals surface area contributed by atoms with Crippen molar-refractivity contribution in [3.05, 3.63) is 35.6 Å². The normalized spacial score (nSPS) is 21.5. The van der Waals surface area contributed by atoms with Crippen LogP contribution in [-0.2, 0) is 10.2 Å². The summed E-state index contributed by atoms with van der Waals surface area (Å²) in [6.07, 6.45) is 2.46. The standard InChI is InChI=1S/C17H23FN2O2/c18-15-5-2-1-4-14(15)17(6-3-7-17)16(22)20-10-8-19(9-11-20)12-13-21/h1-2,4-5,21H,3,6-13H2. The Morgan fingerprint density at radius 3 is 2.41 bits per heavy atom. The van der Waals surface area contributed by atoms with Crippen LogP contribution in [0.15, 0.2) is 24.3 Å². The lowest BCUT2D eigenvalue weighted by atomic mass is 9.63. The Morgan fingerprint density at radius 1 is 1.18 bits per heavy atom. The van der Waals surface area contributed by atoms with E-state index in [0.717, 1.165) is 32.4 Å². The molecule has 0 bridgehead atoms. The number of nitrogens with zero attached hydrogens (tertiary/aromatic N) is 2. The molecule has 1 aromatic rings. The van der Waals surface area contributed by atoms with Gasteiger partial charge in [-0.3, -0.25) is 9.69 Å². The van der Waals surface area contributed by atoms with Crippen molar-refractivity contribution >= 4 is 5.91 Å². The van der Waals surface area contributed by atoms with Crippen molar-refractivity contribution in [2.45, 2.75) is 24.7 Å². The van der Waals surface area contributed by atoms with Gasteiger partial charge in [-0.05, 0) is 18.9 Å². The van der Waals surface area contributed by atoms with Gasteiger partial charge < -0.3 is 10.0 Å². The summed E-state index contributed by atoms with van der Waals surface area (Å²) in [4.78, 5) is 17.0. The number of aliphatic hydroxyl groups excluding tert-OH is 1. The van der Waals surface area contributed by atoms with Crippen molar-refractivity contribution in [1.82, 2.24) is 9.80 Å². The Hall–Kier alpha value is -1.46. The van der Waals surface area contributed by atoms with Gasteiger partial charge in [0.25, 0.3) is 0 Å². The summed E-state index contributed by atoms with van der Waals surface area (Å²) in [5, 5.41) is 8.99. The number of carbonyl (C=O) groups excluding carboxylic acids is 1. The van der Waals surface area contributed by atoms with Gasteiger partial charge in [0.1, 0.15) is 5.82 Å². The Labute approximate surface area is 130 Å². The molecule has 120 valence electrons. The summed E-state index contributed by atoms with van der Waals surface area (Å²) in [6.45, 7) is 3.68. The molecule has 1 aromatic carbocycles. The van der Waals surface area contributed by atoms with Gasteiger partial charge in [-0.2, -0.15) is 0 Å². The zero-order valence-corrected chi connectivity index (χ0v) is 12.8. The van der Waals surface area contributed by atoms with Crippen LogP contribution in [0.2, 0.25) is 0 Å². The molecule has 4 nitrogen and oxygen atoms in total. The lowest BCUT2D eigenvalue weighted by Gasteiger charge is -2.46. The maximum Gasteiger partial charge on any atom is 0.233 e. The highest BCUT2D eigenvalue weighted by Gasteiger charge is 2.49. The van der Waals surface area contributed by atoms with Crippen LogP contribution in [0.4, 0.5) is 4.39 Å². The second-order valence-corrected chi connectivity index (χ2v) is 6.27. The summed E-state index contributed by atoms with van der Waals surface area (Å²) in [6, 6.07) is 6.69. The first-order chi connectivity index (χ1) is 10.7. The minimum atomic E-state index is -0.648. The molecule has 1 heterocycles. The topological polar surface area (TPSA) is 43.8 Å². The van der Waals surface area contributed by atoms with Crippen LogP contribution in [0, 0.1) is 5.82 Å². The SMILES string of the molecule is O=C(N1CCN(CCO)CC1)C1(c2ccccc2F)CCC1. The molecule has 1 saturated carbocycles. The molecule has 0 spiro atoms. The summed E-state index contributed by atoms with van der Waals surface area (Å²) >= 11 is 0. The number of β-amino-alcohol motifs (C(OH)–C–C–N with tert-alkyl or cyclic N) is 1. The Balaban J connectivity index is 1.75. The largest absolute Gasteiger partial charge is 0.395 e. The molecule has 1 aliphatic heterocycles. The van der Waals surface area contributed by atoms with Gasteiger partial charge in [-0.25, -0.2) is 4.39 Å². The van der Waals surface area contributed by atoms with Gasteiger partial charge in [-0.15, -0.1) is 0 Å². The first-order valence-corrected chi connectivity index (χ1v) is 8.05. The number of hydrogen-bond donors (Lipinski definition) is 1. The number of amides is 1. The molecule has 1 saturated heterocycles. The molecule has 1 aliphatic carbocycles. The van der Waals surface area contributed by atoms with Crippen LogP contribution in [0.3, 0.4) is 0 Å². The highest BCUT2D eigenvalue weighted by molar-refractivity contribution is 5.89. The smallest absolute Gasteiger partial charge is 0.233 e. The lowest BCUT2D eigenvalue weighted by Crippen LogP contribution is -2.57. The summed E-state index contributed by atoms with van der Waals surface area (Å²) in [5.74, 6) is -0.193. The van der Waals surface area contributed by atoms with E-state index in [9.17, 15) is 9.18 Å². The van der Waals surface area contributed by atoms with Gasteiger partial charge in [0, 0.05) is 38.3 Å². The van der Waals surface area contributed by atoms with Gasteiger partial charge in [0.2, 0.25) is 5.91 Å². The molecular formula is C17H23FN2O2. The quantitative estimate of drug-likeness (QED) is 0.914. The number of aliphatic hydroxyl groups is 1. The number of hydrogen-bond acceptors (Lipinski definition) is 3. The van der Waals surface area contributed by atoms with Crippen molar-refractivity contribution in [3.63, 3.8) is 0 Å². The minimum Gasteiger partial charge on any atom is -0.395 e. The van der Waals surface area contributed by atoms with Crippen LogP contribution in [0.5, 0.6) is 0 Å². The molecule has 3 rings (SSSR count). The minimum absolute atomic E-state index is 0.0764. The Kier molecular flexibility index (Phi) is 4.45. The van der Waals surface area contributed by atoms with Crippen LogP contribution in [0.1, 0.15) is 24.8 Å².